The number of benzene rings is 2. The van der Waals surface area contributed by atoms with Gasteiger partial charge in [-0.3, -0.25) is 4.79 Å². The van der Waals surface area contributed by atoms with Gasteiger partial charge in [0.2, 0.25) is 5.76 Å². The number of nitrogens with zero attached hydrogens (tertiary/aromatic N) is 1. The fourth-order valence-electron chi connectivity index (χ4n) is 3.13. The van der Waals surface area contributed by atoms with Gasteiger partial charge in [-0.2, -0.15) is 0 Å². The van der Waals surface area contributed by atoms with Gasteiger partial charge in [-0.15, -0.1) is 0 Å². The van der Waals surface area contributed by atoms with Crippen LogP contribution in [0.25, 0.3) is 11.3 Å². The Labute approximate surface area is 195 Å². The molecule has 0 radical (unpaired) electrons. The molecular formula is C24H25FN4O5. The highest BCUT2D eigenvalue weighted by Gasteiger charge is 2.25. The fraction of sp³-hybridized carbons (Fsp3) is 0.250. The molecule has 3 aromatic rings. The Bertz CT molecular complexity index is 1140. The van der Waals surface area contributed by atoms with E-state index < -0.39 is 29.8 Å². The molecule has 34 heavy (non-hydrogen) atoms. The van der Waals surface area contributed by atoms with Gasteiger partial charge in [-0.05, 0) is 48.7 Å². The highest BCUT2D eigenvalue weighted by atomic mass is 19.1. The lowest BCUT2D eigenvalue weighted by molar-refractivity contribution is -0.143. The number of aromatic nitrogens is 1. The van der Waals surface area contributed by atoms with Crippen LogP contribution >= 0.6 is 0 Å². The lowest BCUT2D eigenvalue weighted by atomic mass is 10.0. The molecule has 0 bridgehead atoms. The number of hydrogen-bond acceptors (Lipinski definition) is 6. The number of methoxy groups -OCH3 is 1. The minimum Gasteiger partial charge on any atom is -0.467 e. The number of ether oxygens (including phenoxy) is 1. The predicted octanol–water partition coefficient (Wildman–Crippen LogP) is 4.44. The molecule has 0 aliphatic heterocycles. The summed E-state index contributed by atoms with van der Waals surface area (Å²) in [6, 6.07) is 12.3. The summed E-state index contributed by atoms with van der Waals surface area (Å²) in [7, 11) is 1.26. The molecule has 3 N–H and O–H groups in total. The Kier molecular flexibility index (Phi) is 7.96. The maximum absolute atomic E-state index is 13.0. The highest BCUT2D eigenvalue weighted by Crippen LogP contribution is 2.22. The molecule has 0 saturated heterocycles. The number of carbonyl (C=O) groups excluding carboxylic acids is 3. The minimum absolute atomic E-state index is 0.0477. The van der Waals surface area contributed by atoms with E-state index in [9.17, 15) is 18.8 Å². The molecule has 178 valence electrons. The molecule has 3 rings (SSSR count). The number of rotatable bonds is 8. The third-order valence-corrected chi connectivity index (χ3v) is 4.77. The van der Waals surface area contributed by atoms with E-state index in [2.05, 4.69) is 21.1 Å². The van der Waals surface area contributed by atoms with Gasteiger partial charge in [0.1, 0.15) is 17.6 Å². The zero-order valence-corrected chi connectivity index (χ0v) is 18.9. The van der Waals surface area contributed by atoms with Crippen LogP contribution in [0.3, 0.4) is 0 Å². The molecule has 0 fully saturated rings. The van der Waals surface area contributed by atoms with E-state index in [0.717, 1.165) is 0 Å². The van der Waals surface area contributed by atoms with Crippen LogP contribution in [-0.2, 0) is 9.53 Å². The normalized spacial score (nSPS) is 11.6. The van der Waals surface area contributed by atoms with Gasteiger partial charge in [0.25, 0.3) is 5.91 Å². The molecule has 0 unspecified atom stereocenters. The van der Waals surface area contributed by atoms with E-state index >= 15 is 0 Å². The van der Waals surface area contributed by atoms with E-state index in [1.54, 1.807) is 24.3 Å². The second-order valence-electron chi connectivity index (χ2n) is 7.92. The molecular weight excluding hydrogens is 443 g/mol. The molecule has 3 amide bonds. The van der Waals surface area contributed by atoms with Gasteiger partial charge in [0, 0.05) is 23.0 Å². The number of amides is 3. The van der Waals surface area contributed by atoms with Crippen molar-refractivity contribution < 1.29 is 28.0 Å². The van der Waals surface area contributed by atoms with Crippen molar-refractivity contribution in [2.75, 3.05) is 17.7 Å². The number of esters is 1. The molecule has 9 nitrogen and oxygen atoms in total. The van der Waals surface area contributed by atoms with Crippen molar-refractivity contribution in [3.63, 3.8) is 0 Å². The summed E-state index contributed by atoms with van der Waals surface area (Å²) >= 11 is 0. The first-order valence-electron chi connectivity index (χ1n) is 10.5. The first-order chi connectivity index (χ1) is 16.2. The largest absolute Gasteiger partial charge is 0.467 e. The van der Waals surface area contributed by atoms with Gasteiger partial charge >= 0.3 is 12.0 Å². The quantitative estimate of drug-likeness (QED) is 0.420. The average molecular weight is 468 g/mol. The molecule has 0 aliphatic carbocycles. The third kappa shape index (κ3) is 6.64. The summed E-state index contributed by atoms with van der Waals surface area (Å²) in [5.74, 6) is -1.39. The summed E-state index contributed by atoms with van der Waals surface area (Å²) in [4.78, 5) is 36.6. The number of nitrogens with one attached hydrogen (secondary N) is 3. The zero-order chi connectivity index (χ0) is 24.7. The second kappa shape index (κ2) is 11.1. The van der Waals surface area contributed by atoms with E-state index in [-0.39, 0.29) is 11.7 Å². The lowest BCUT2D eigenvalue weighted by Crippen LogP contribution is -2.42. The number of hydrogen-bond donors (Lipinski definition) is 3. The molecule has 0 spiro atoms. The molecule has 10 heteroatoms. The maximum atomic E-state index is 13.0. The van der Waals surface area contributed by atoms with Crippen molar-refractivity contribution in [2.45, 2.75) is 26.3 Å². The first kappa shape index (κ1) is 24.4. The summed E-state index contributed by atoms with van der Waals surface area (Å²) in [6.07, 6.45) is 0.419. The van der Waals surface area contributed by atoms with Crippen molar-refractivity contribution >= 4 is 29.3 Å². The van der Waals surface area contributed by atoms with E-state index in [1.165, 1.54) is 37.4 Å². The lowest BCUT2D eigenvalue weighted by Gasteiger charge is -2.17. The molecule has 0 aliphatic rings. The Hall–Kier alpha value is -4.21. The molecule has 2 aromatic carbocycles. The Morgan fingerprint density at radius 2 is 1.59 bits per heavy atom. The second-order valence-corrected chi connectivity index (χ2v) is 7.92. The summed E-state index contributed by atoms with van der Waals surface area (Å²) in [6.45, 7) is 3.86. The topological polar surface area (TPSA) is 123 Å². The van der Waals surface area contributed by atoms with Crippen LogP contribution in [0.1, 0.15) is 30.8 Å². The Balaban J connectivity index is 1.61. The fourth-order valence-corrected chi connectivity index (χ4v) is 3.13. The van der Waals surface area contributed by atoms with Gasteiger partial charge in [-0.25, -0.2) is 14.0 Å². The van der Waals surface area contributed by atoms with Crippen LogP contribution in [0.2, 0.25) is 0 Å². The van der Waals surface area contributed by atoms with Gasteiger partial charge in [0.05, 0.1) is 7.11 Å². The maximum Gasteiger partial charge on any atom is 0.328 e. The Morgan fingerprint density at radius 3 is 2.15 bits per heavy atom. The molecule has 1 atom stereocenters. The monoisotopic (exact) mass is 468 g/mol. The van der Waals surface area contributed by atoms with Crippen LogP contribution in [0.4, 0.5) is 20.6 Å². The Morgan fingerprint density at radius 1 is 1.00 bits per heavy atom. The van der Waals surface area contributed by atoms with E-state index in [4.69, 9.17) is 9.26 Å². The van der Waals surface area contributed by atoms with E-state index in [1.807, 2.05) is 13.8 Å². The van der Waals surface area contributed by atoms with Crippen molar-refractivity contribution in [2.24, 2.45) is 5.92 Å². The van der Waals surface area contributed by atoms with Crippen molar-refractivity contribution in [3.05, 3.63) is 66.2 Å². The zero-order valence-electron chi connectivity index (χ0n) is 18.9. The minimum atomic E-state index is -0.794. The summed E-state index contributed by atoms with van der Waals surface area (Å²) in [5.41, 5.74) is 2.02. The number of carbonyl (C=O) groups is 3. The molecule has 1 heterocycles. The number of anilines is 2. The smallest absolute Gasteiger partial charge is 0.328 e. The van der Waals surface area contributed by atoms with Crippen LogP contribution in [0, 0.1) is 11.7 Å². The molecule has 0 saturated carbocycles. The third-order valence-electron chi connectivity index (χ3n) is 4.77. The first-order valence-corrected chi connectivity index (χ1v) is 10.5. The van der Waals surface area contributed by atoms with E-state index in [0.29, 0.717) is 29.1 Å². The highest BCUT2D eigenvalue weighted by molar-refractivity contribution is 6.00. The average Bonchev–Trinajstić information content (AvgIpc) is 3.30. The van der Waals surface area contributed by atoms with Crippen LogP contribution in [0.15, 0.2) is 59.1 Å². The summed E-state index contributed by atoms with van der Waals surface area (Å²) in [5, 5.41) is 11.8. The molecule has 1 aromatic heterocycles. The van der Waals surface area contributed by atoms with Gasteiger partial charge < -0.3 is 25.2 Å². The SMILES string of the molecule is COC(=O)[C@H](CC(C)C)NC(=O)c1cc(-c2ccc(NC(=O)Nc3ccc(F)cc3)cc2)no1. The van der Waals surface area contributed by atoms with Crippen molar-refractivity contribution in [3.8, 4) is 11.3 Å². The van der Waals surface area contributed by atoms with Crippen molar-refractivity contribution in [1.29, 1.82) is 0 Å². The predicted molar refractivity (Wildman–Crippen MR) is 124 cm³/mol. The standard InChI is InChI=1S/C24H25FN4O5/c1-14(2)12-20(23(31)33-3)28-22(30)21-13-19(29-34-21)15-4-8-17(9-5-15)26-24(32)27-18-10-6-16(25)7-11-18/h4-11,13-14,20H,12H2,1-3H3,(H,28,30)(H2,26,27,32)/t20-/m0/s1. The van der Waals surface area contributed by atoms with Crippen molar-refractivity contribution in [1.82, 2.24) is 10.5 Å². The number of halogens is 1. The van der Waals surface area contributed by atoms with Gasteiger partial charge in [0.15, 0.2) is 0 Å². The van der Waals surface area contributed by atoms with Gasteiger partial charge in [-0.1, -0.05) is 31.1 Å². The van der Waals surface area contributed by atoms with Crippen LogP contribution in [0.5, 0.6) is 0 Å². The number of urea groups is 1. The van der Waals surface area contributed by atoms with Crippen LogP contribution < -0.4 is 16.0 Å². The summed E-state index contributed by atoms with van der Waals surface area (Å²) < 4.78 is 22.9. The van der Waals surface area contributed by atoms with Crippen LogP contribution in [-0.4, -0.2) is 36.2 Å².